The minimum absolute atomic E-state index is 0.0543. The van der Waals surface area contributed by atoms with Crippen molar-refractivity contribution < 1.29 is 14.0 Å². The topological polar surface area (TPSA) is 61.7 Å². The predicted molar refractivity (Wildman–Crippen MR) is 258 cm³/mol. The maximum atomic E-state index is 9.23. The number of hydrogen-bond donors (Lipinski definition) is 0. The Morgan fingerprint density at radius 3 is 1.79 bits per heavy atom. The molecule has 6 heteroatoms. The van der Waals surface area contributed by atoms with Crippen LogP contribution in [0.4, 0.5) is 0 Å². The highest BCUT2D eigenvalue weighted by atomic mass is 16.3. The van der Waals surface area contributed by atoms with E-state index in [4.69, 9.17) is 26.2 Å². The molecule has 0 amide bonds. The molecule has 0 unspecified atom stereocenters. The van der Waals surface area contributed by atoms with E-state index in [1.165, 1.54) is 6.07 Å². The molecule has 13 aromatic rings. The molecule has 0 bridgehead atoms. The summed E-state index contributed by atoms with van der Waals surface area (Å²) in [4.78, 5) is 15.7. The standard InChI is InChI=1S/C57H35N5O/c1-7-28-48-41(20-1)42-21-2-8-29-49(42)61(48)39-19-14-18-38(35-39)56-58-55(37-17-13-16-36(34-37)40-26-15-27-46-45-24-6-12-33-53(45)63-54(40)46)59-57(60-56)47-25-5-11-32-52(47)62-50-30-9-3-22-43(50)44-23-4-10-31-51(44)62/h1-35H/i3D,4D,9D,22D,23D,30D,31D. The second kappa shape index (κ2) is 14.0. The summed E-state index contributed by atoms with van der Waals surface area (Å²) in [5.74, 6) is 1.00. The monoisotopic (exact) mass is 812 g/mol. The van der Waals surface area contributed by atoms with Crippen molar-refractivity contribution in [3.63, 3.8) is 0 Å². The summed E-state index contributed by atoms with van der Waals surface area (Å²) in [5, 5.41) is 4.43. The van der Waals surface area contributed by atoms with Crippen LogP contribution in [-0.2, 0) is 0 Å². The number of hydrogen-bond acceptors (Lipinski definition) is 4. The number of nitrogens with zero attached hydrogens (tertiary/aromatic N) is 5. The lowest BCUT2D eigenvalue weighted by Crippen LogP contribution is -2.04. The molecule has 13 rings (SSSR count). The lowest BCUT2D eigenvalue weighted by Gasteiger charge is -2.15. The van der Waals surface area contributed by atoms with Gasteiger partial charge in [0, 0.05) is 60.3 Å². The lowest BCUT2D eigenvalue weighted by molar-refractivity contribution is 0.670. The smallest absolute Gasteiger partial charge is 0.166 e. The van der Waals surface area contributed by atoms with Crippen LogP contribution in [0.5, 0.6) is 0 Å². The van der Waals surface area contributed by atoms with Gasteiger partial charge in [0.1, 0.15) is 11.2 Å². The second-order valence-electron chi connectivity index (χ2n) is 15.4. The number of fused-ring (bicyclic) bond motifs is 9. The van der Waals surface area contributed by atoms with Gasteiger partial charge in [-0.1, -0.05) is 152 Å². The third-order valence-corrected chi connectivity index (χ3v) is 11.9. The van der Waals surface area contributed by atoms with Gasteiger partial charge in [0.25, 0.3) is 0 Å². The van der Waals surface area contributed by atoms with E-state index < -0.39 is 12.1 Å². The van der Waals surface area contributed by atoms with Crippen LogP contribution in [0, 0.1) is 0 Å². The van der Waals surface area contributed by atoms with Crippen molar-refractivity contribution >= 4 is 65.6 Å². The zero-order valence-corrected chi connectivity index (χ0v) is 33.3. The minimum atomic E-state index is -0.472. The molecule has 0 aliphatic rings. The summed E-state index contributed by atoms with van der Waals surface area (Å²) < 4.78 is 72.7. The first kappa shape index (κ1) is 28.8. The van der Waals surface area contributed by atoms with E-state index in [1.54, 1.807) is 16.7 Å². The molecule has 0 fully saturated rings. The molecule has 0 saturated carbocycles. The first-order valence-electron chi connectivity index (χ1n) is 24.1. The first-order chi connectivity index (χ1) is 34.1. The molecular formula is C57H35N5O. The Bertz CT molecular complexity index is 4310. The van der Waals surface area contributed by atoms with Crippen LogP contribution in [0.3, 0.4) is 0 Å². The fourth-order valence-corrected chi connectivity index (χ4v) is 9.11. The van der Waals surface area contributed by atoms with E-state index in [-0.39, 0.29) is 57.8 Å². The van der Waals surface area contributed by atoms with Crippen molar-refractivity contribution in [3.05, 3.63) is 212 Å². The molecule has 0 N–H and O–H groups in total. The normalized spacial score (nSPS) is 13.4. The molecular weight excluding hydrogens is 771 g/mol. The van der Waals surface area contributed by atoms with Gasteiger partial charge in [-0.3, -0.25) is 0 Å². The maximum Gasteiger partial charge on any atom is 0.166 e. The number of aromatic nitrogens is 5. The van der Waals surface area contributed by atoms with Crippen molar-refractivity contribution in [1.82, 2.24) is 24.1 Å². The van der Waals surface area contributed by atoms with E-state index >= 15 is 0 Å². The van der Waals surface area contributed by atoms with E-state index in [1.807, 2.05) is 103 Å². The zero-order chi connectivity index (χ0) is 47.5. The Morgan fingerprint density at radius 2 is 0.968 bits per heavy atom. The third kappa shape index (κ3) is 5.55. The molecule has 0 aliphatic heterocycles. The maximum absolute atomic E-state index is 9.23. The second-order valence-corrected chi connectivity index (χ2v) is 15.4. The van der Waals surface area contributed by atoms with Gasteiger partial charge in [-0.05, 0) is 66.2 Å². The summed E-state index contributed by atoms with van der Waals surface area (Å²) in [6.07, 6.45) is 0. The van der Waals surface area contributed by atoms with Crippen LogP contribution < -0.4 is 0 Å². The van der Waals surface area contributed by atoms with Crippen LogP contribution in [0.15, 0.2) is 217 Å². The molecule has 294 valence electrons. The van der Waals surface area contributed by atoms with Gasteiger partial charge in [0.15, 0.2) is 17.5 Å². The van der Waals surface area contributed by atoms with E-state index in [9.17, 15) is 2.74 Å². The quantitative estimate of drug-likeness (QED) is 0.168. The molecule has 0 saturated heterocycles. The summed E-state index contributed by atoms with van der Waals surface area (Å²) >= 11 is 0. The molecule has 4 heterocycles. The van der Waals surface area contributed by atoms with Crippen molar-refractivity contribution in [2.75, 3.05) is 0 Å². The largest absolute Gasteiger partial charge is 0.455 e. The van der Waals surface area contributed by atoms with Crippen molar-refractivity contribution in [3.8, 4) is 56.7 Å². The van der Waals surface area contributed by atoms with E-state index in [0.717, 1.165) is 60.6 Å². The van der Waals surface area contributed by atoms with E-state index in [2.05, 4.69) is 53.1 Å². The van der Waals surface area contributed by atoms with Gasteiger partial charge >= 0.3 is 0 Å². The minimum Gasteiger partial charge on any atom is -0.455 e. The first-order valence-corrected chi connectivity index (χ1v) is 20.6. The number of furan rings is 1. The molecule has 9 aromatic carbocycles. The van der Waals surface area contributed by atoms with E-state index in [0.29, 0.717) is 34.0 Å². The average molecular weight is 813 g/mol. The highest BCUT2D eigenvalue weighted by Gasteiger charge is 2.21. The van der Waals surface area contributed by atoms with Gasteiger partial charge in [0.2, 0.25) is 0 Å². The highest BCUT2D eigenvalue weighted by Crippen LogP contribution is 2.39. The van der Waals surface area contributed by atoms with Crippen LogP contribution >= 0.6 is 0 Å². The summed E-state index contributed by atoms with van der Waals surface area (Å²) in [5.41, 5.74) is 8.89. The van der Waals surface area contributed by atoms with Crippen LogP contribution in [0.1, 0.15) is 9.60 Å². The highest BCUT2D eigenvalue weighted by molar-refractivity contribution is 6.11. The fraction of sp³-hybridized carbons (Fsp3) is 0. The number of para-hydroxylation sites is 7. The molecule has 0 spiro atoms. The number of rotatable bonds is 6. The van der Waals surface area contributed by atoms with Crippen molar-refractivity contribution in [2.45, 2.75) is 0 Å². The Hall–Kier alpha value is -8.61. The molecule has 0 radical (unpaired) electrons. The van der Waals surface area contributed by atoms with Crippen LogP contribution in [-0.4, -0.2) is 24.1 Å². The SMILES string of the molecule is [2H]c1cc([2H])c2c(c1[2H])c1c([2H])c([2H])c([2H])c([2H])c1n2-c1ccccc1-c1nc(-c2cccc(-c3cccc4c3oc3ccccc34)c2)nc(-c2cccc(-n3c4ccccc4c4ccccc43)c2)n1. The summed E-state index contributed by atoms with van der Waals surface area (Å²) in [6, 6.07) is 53.1. The van der Waals surface area contributed by atoms with Crippen LogP contribution in [0.2, 0.25) is 0 Å². The predicted octanol–water partition coefficient (Wildman–Crippen LogP) is 14.6. The van der Waals surface area contributed by atoms with Gasteiger partial charge in [0.05, 0.1) is 37.3 Å². The third-order valence-electron chi connectivity index (χ3n) is 11.9. The Labute approximate surface area is 371 Å². The number of benzene rings is 9. The lowest BCUT2D eigenvalue weighted by atomic mass is 10.00. The van der Waals surface area contributed by atoms with Gasteiger partial charge < -0.3 is 13.6 Å². The summed E-state index contributed by atoms with van der Waals surface area (Å²) in [6.45, 7) is 0. The zero-order valence-electron chi connectivity index (χ0n) is 40.3. The summed E-state index contributed by atoms with van der Waals surface area (Å²) in [7, 11) is 0. The van der Waals surface area contributed by atoms with Crippen molar-refractivity contribution in [2.24, 2.45) is 0 Å². The molecule has 63 heavy (non-hydrogen) atoms. The molecule has 6 nitrogen and oxygen atoms in total. The van der Waals surface area contributed by atoms with Gasteiger partial charge in [-0.25, -0.2) is 15.0 Å². The van der Waals surface area contributed by atoms with Crippen molar-refractivity contribution in [1.29, 1.82) is 0 Å². The van der Waals surface area contributed by atoms with Gasteiger partial charge in [-0.2, -0.15) is 0 Å². The molecule has 4 aromatic heterocycles. The average Bonchev–Trinajstić information content (AvgIpc) is 4.08. The van der Waals surface area contributed by atoms with Crippen LogP contribution in [0.25, 0.3) is 122 Å². The Morgan fingerprint density at radius 1 is 0.381 bits per heavy atom. The Balaban J connectivity index is 1.07. The Kier molecular flexibility index (Phi) is 6.39. The fourth-order valence-electron chi connectivity index (χ4n) is 9.11. The molecule has 0 atom stereocenters. The van der Waals surface area contributed by atoms with Gasteiger partial charge in [-0.15, -0.1) is 0 Å². The molecule has 0 aliphatic carbocycles.